The van der Waals surface area contributed by atoms with Crippen LogP contribution in [0.1, 0.15) is 20.7 Å². The predicted molar refractivity (Wildman–Crippen MR) is 87.5 cm³/mol. The van der Waals surface area contributed by atoms with Crippen molar-refractivity contribution in [2.45, 2.75) is 0 Å². The maximum Gasteiger partial charge on any atom is 0.335 e. The number of carbonyl (C=O) groups is 2. The number of carboxylic acid groups (broad SMARTS) is 2. The zero-order valence-corrected chi connectivity index (χ0v) is 14.3. The highest BCUT2D eigenvalue weighted by Crippen LogP contribution is 2.52. The molecule has 1 heterocycles. The first kappa shape index (κ1) is 19.9. The number of nitrogens with one attached hydrogen (secondary N) is 2. The van der Waals surface area contributed by atoms with Gasteiger partial charge in [0.05, 0.1) is 21.7 Å². The Balaban J connectivity index is 2.40. The number of fused-ring (bicyclic) bond motifs is 2. The third-order valence-electron chi connectivity index (χ3n) is 3.95. The van der Waals surface area contributed by atoms with Gasteiger partial charge < -0.3 is 30.3 Å². The van der Waals surface area contributed by atoms with Crippen molar-refractivity contribution in [3.05, 3.63) is 45.8 Å². The minimum Gasteiger partial charge on any atom is -0.595 e. The van der Waals surface area contributed by atoms with Gasteiger partial charge in [-0.05, 0) is 12.1 Å². The van der Waals surface area contributed by atoms with Crippen LogP contribution in [0.2, 0.25) is 0 Å². The van der Waals surface area contributed by atoms with Crippen molar-refractivity contribution in [1.29, 1.82) is 0 Å². The summed E-state index contributed by atoms with van der Waals surface area (Å²) in [6, 6.07) is 2.84. The lowest BCUT2D eigenvalue weighted by Gasteiger charge is -2.29. The molecule has 14 heteroatoms. The van der Waals surface area contributed by atoms with E-state index in [1.54, 1.807) is 0 Å². The largest absolute Gasteiger partial charge is 0.595 e. The summed E-state index contributed by atoms with van der Waals surface area (Å²) in [5, 5.41) is 55.1. The third-order valence-corrected chi connectivity index (χ3v) is 5.92. The summed E-state index contributed by atoms with van der Waals surface area (Å²) in [5.74, 6) is -4.55. The fraction of sp³-hybridized carbons (Fsp3) is 0. The van der Waals surface area contributed by atoms with Crippen LogP contribution >= 0.6 is 7.37 Å². The van der Waals surface area contributed by atoms with E-state index in [2.05, 4.69) is 0 Å². The van der Waals surface area contributed by atoms with Gasteiger partial charge in [-0.15, -0.1) is 0 Å². The molecule has 1 aliphatic rings. The molecule has 0 amide bonds. The van der Waals surface area contributed by atoms with Gasteiger partial charge in [-0.2, -0.15) is 10.5 Å². The van der Waals surface area contributed by atoms with Crippen molar-refractivity contribution in [2.75, 3.05) is 0 Å². The molecule has 1 aliphatic heterocycles. The molecule has 2 aromatic carbocycles. The molecule has 148 valence electrons. The van der Waals surface area contributed by atoms with Crippen molar-refractivity contribution < 1.29 is 54.9 Å². The number of benzene rings is 2. The van der Waals surface area contributed by atoms with Crippen LogP contribution in [-0.4, -0.2) is 37.5 Å². The van der Waals surface area contributed by atoms with Crippen LogP contribution in [0, 0.1) is 10.4 Å². The van der Waals surface area contributed by atoms with Crippen LogP contribution in [-0.2, 0) is 4.57 Å². The minimum atomic E-state index is -4.81. The van der Waals surface area contributed by atoms with Crippen LogP contribution in [0.15, 0.2) is 24.3 Å². The number of ether oxygens (including phenoxy) is 1. The van der Waals surface area contributed by atoms with Gasteiger partial charge in [0.1, 0.15) is 0 Å². The van der Waals surface area contributed by atoms with Gasteiger partial charge in [0.25, 0.3) is 7.37 Å². The van der Waals surface area contributed by atoms with E-state index >= 15 is 0 Å². The SMILES string of the molecule is O=C(O)c1cc([NH+]([O-])O)c2c(c1)P(=O)(O)c1cc(C(=O)O)cc([NH+]([O-])O)c1O2. The molecular weight excluding hydrogens is 403 g/mol. The first-order valence-corrected chi connectivity index (χ1v) is 8.92. The number of carboxylic acids is 2. The average Bonchev–Trinajstić information content (AvgIpc) is 2.59. The molecule has 0 fully saturated rings. The number of hydrogen-bond donors (Lipinski definition) is 7. The van der Waals surface area contributed by atoms with E-state index in [0.717, 1.165) is 12.1 Å². The molecular formula is C14H11N2O11P. The topological polar surface area (TPSA) is 217 Å². The molecule has 2 atom stereocenters. The normalized spacial score (nSPS) is 19.8. The third kappa shape index (κ3) is 3.03. The second-order valence-electron chi connectivity index (χ2n) is 5.64. The van der Waals surface area contributed by atoms with Crippen LogP contribution in [0.3, 0.4) is 0 Å². The summed E-state index contributed by atoms with van der Waals surface area (Å²) < 4.78 is 18.4. The van der Waals surface area contributed by atoms with E-state index in [0.29, 0.717) is 12.1 Å². The zero-order valence-electron chi connectivity index (χ0n) is 13.4. The number of hydrogen-bond acceptors (Lipinski definition) is 8. The van der Waals surface area contributed by atoms with Crippen molar-refractivity contribution >= 4 is 41.3 Å². The van der Waals surface area contributed by atoms with Crippen LogP contribution < -0.4 is 25.8 Å². The predicted octanol–water partition coefficient (Wildman–Crippen LogP) is -1.78. The summed E-state index contributed by atoms with van der Waals surface area (Å²) in [6.45, 7) is 0. The van der Waals surface area contributed by atoms with Crippen LogP contribution in [0.5, 0.6) is 11.5 Å². The van der Waals surface area contributed by atoms with Crippen molar-refractivity contribution in [1.82, 2.24) is 0 Å². The highest BCUT2D eigenvalue weighted by molar-refractivity contribution is 7.74. The molecule has 0 aliphatic carbocycles. The summed E-state index contributed by atoms with van der Waals surface area (Å²) in [7, 11) is -4.81. The molecule has 0 aromatic heterocycles. The van der Waals surface area contributed by atoms with E-state index in [9.17, 15) is 39.9 Å². The Kier molecular flexibility index (Phi) is 4.71. The lowest BCUT2D eigenvalue weighted by molar-refractivity contribution is -0.991. The van der Waals surface area contributed by atoms with E-state index in [-0.39, 0.29) is 0 Å². The van der Waals surface area contributed by atoms with Gasteiger partial charge in [0.15, 0.2) is 0 Å². The Morgan fingerprint density at radius 3 is 1.50 bits per heavy atom. The second-order valence-corrected chi connectivity index (χ2v) is 7.76. The highest BCUT2D eigenvalue weighted by Gasteiger charge is 2.43. The Labute approximate surface area is 154 Å². The average molecular weight is 414 g/mol. The standard InChI is InChI=1S/C14H11N2O11P/c17-13(18)5-1-7(15(21)22)11-9(3-5)28(25,26)10-4-6(14(19)20)2-8(16(23)24)12(10)27-11/h1-4,15-16,21,23H,(H,17,18)(H,19,20)(H,25,26). The number of rotatable bonds is 4. The highest BCUT2D eigenvalue weighted by atomic mass is 31.2. The van der Waals surface area contributed by atoms with Crippen LogP contribution in [0.4, 0.5) is 11.4 Å². The maximum atomic E-state index is 13.1. The minimum absolute atomic E-state index is 0.620. The van der Waals surface area contributed by atoms with Gasteiger partial charge in [-0.1, -0.05) is 0 Å². The molecule has 7 N–H and O–H groups in total. The summed E-state index contributed by atoms with van der Waals surface area (Å²) in [5.41, 5.74) is -2.78. The Bertz CT molecular complexity index is 986. The fourth-order valence-electron chi connectivity index (χ4n) is 2.69. The lowest BCUT2D eigenvalue weighted by Crippen LogP contribution is -2.99. The summed E-state index contributed by atoms with van der Waals surface area (Å²) >= 11 is 0. The summed E-state index contributed by atoms with van der Waals surface area (Å²) in [6.07, 6.45) is 0. The van der Waals surface area contributed by atoms with Crippen molar-refractivity contribution in [3.63, 3.8) is 0 Å². The zero-order chi connectivity index (χ0) is 21.0. The monoisotopic (exact) mass is 414 g/mol. The molecule has 0 radical (unpaired) electrons. The first-order valence-electron chi connectivity index (χ1n) is 7.26. The second kappa shape index (κ2) is 6.63. The van der Waals surface area contributed by atoms with Crippen molar-refractivity contribution in [2.24, 2.45) is 0 Å². The van der Waals surface area contributed by atoms with Gasteiger partial charge in [0, 0.05) is 12.1 Å². The Morgan fingerprint density at radius 2 is 1.21 bits per heavy atom. The first-order chi connectivity index (χ1) is 12.9. The van der Waals surface area contributed by atoms with Gasteiger partial charge in [-0.25, -0.2) is 20.0 Å². The molecule has 13 nitrogen and oxygen atoms in total. The smallest absolute Gasteiger partial charge is 0.335 e. The maximum absolute atomic E-state index is 13.1. The molecule has 3 rings (SSSR count). The molecule has 0 saturated carbocycles. The fourth-order valence-corrected chi connectivity index (χ4v) is 4.46. The van der Waals surface area contributed by atoms with Gasteiger partial charge in [0.2, 0.25) is 22.9 Å². The molecule has 0 saturated heterocycles. The number of quaternary nitrogens is 2. The molecule has 2 unspecified atom stereocenters. The summed E-state index contributed by atoms with van der Waals surface area (Å²) in [4.78, 5) is 33.1. The quantitative estimate of drug-likeness (QED) is 0.219. The van der Waals surface area contributed by atoms with Gasteiger partial charge >= 0.3 is 11.9 Å². The van der Waals surface area contributed by atoms with E-state index < -0.39 is 74.4 Å². The Morgan fingerprint density at radius 1 is 0.857 bits per heavy atom. The van der Waals surface area contributed by atoms with Crippen molar-refractivity contribution in [3.8, 4) is 11.5 Å². The van der Waals surface area contributed by atoms with Crippen LogP contribution in [0.25, 0.3) is 0 Å². The molecule has 28 heavy (non-hydrogen) atoms. The lowest BCUT2D eigenvalue weighted by atomic mass is 10.1. The number of aromatic carboxylic acids is 2. The Hall–Kier alpha value is -2.87. The molecule has 2 aromatic rings. The van der Waals surface area contributed by atoms with E-state index in [1.165, 1.54) is 0 Å². The van der Waals surface area contributed by atoms with E-state index in [4.69, 9.17) is 14.9 Å². The molecule has 0 spiro atoms. The molecule has 0 bridgehead atoms. The van der Waals surface area contributed by atoms with Gasteiger partial charge in [-0.3, -0.25) is 4.57 Å². The van der Waals surface area contributed by atoms with E-state index in [1.807, 2.05) is 0 Å².